The van der Waals surface area contributed by atoms with Crippen molar-refractivity contribution in [1.29, 1.82) is 0 Å². The molecule has 0 aliphatic rings. The molecule has 0 spiro atoms. The second kappa shape index (κ2) is 54.3. The van der Waals surface area contributed by atoms with E-state index in [1.165, 1.54) is 283 Å². The monoisotopic (exact) mass is 947 g/mol. The van der Waals surface area contributed by atoms with Gasteiger partial charge in [0, 0.05) is 7.26 Å². The van der Waals surface area contributed by atoms with Crippen LogP contribution in [0.2, 0.25) is 0 Å². The predicted octanol–water partition coefficient (Wildman–Crippen LogP) is 18.8. The molecule has 0 aliphatic carbocycles. The molecule has 0 aromatic heterocycles. The lowest BCUT2D eigenvalue weighted by Gasteiger charge is -2.28. The first-order valence-electron chi connectivity index (χ1n) is 28.1. The van der Waals surface area contributed by atoms with Gasteiger partial charge in [0.15, 0.2) is 0 Å². The smallest absolute Gasteiger partial charge is 0.0594 e. The van der Waals surface area contributed by atoms with Crippen LogP contribution in [-0.4, -0.2) is 24.6 Å². The molecule has 58 heavy (non-hydrogen) atoms. The number of hydrogen-bond acceptors (Lipinski definition) is 0. The average Bonchev–Trinajstić information content (AvgIpc) is 3.22. The zero-order valence-corrected chi connectivity index (χ0v) is 44.6. The summed E-state index contributed by atoms with van der Waals surface area (Å²) in [6.07, 6.45) is 78.3. The molecular weight excluding hydrogens is 830 g/mol. The van der Waals surface area contributed by atoms with Gasteiger partial charge in [0.1, 0.15) is 0 Å². The minimum atomic E-state index is -0.816. The lowest BCUT2D eigenvalue weighted by atomic mass is 10.1. The maximum atomic E-state index is 2.34. The molecule has 0 rings (SSSR count). The lowest BCUT2D eigenvalue weighted by molar-refractivity contribution is -0.0000128. The van der Waals surface area contributed by atoms with E-state index in [-0.39, 0.29) is 24.0 Å². The van der Waals surface area contributed by atoms with Crippen molar-refractivity contribution in [3.05, 3.63) is 0 Å². The SMILES string of the molecule is CCCCCCCCCCCCCC[P+](CCCCCCCCCCCCCC)(CCCCCCCCCCCCCC)CCCCCCCCCCCCCC.[I-]. The molecule has 2 heteroatoms. The van der Waals surface area contributed by atoms with Gasteiger partial charge in [0.05, 0.1) is 24.6 Å². The molecule has 0 unspecified atom stereocenters. The Morgan fingerprint density at radius 3 is 0.379 bits per heavy atom. The van der Waals surface area contributed by atoms with Crippen LogP contribution in [0.1, 0.15) is 336 Å². The lowest BCUT2D eigenvalue weighted by Crippen LogP contribution is -3.00. The third-order valence-electron chi connectivity index (χ3n) is 13.9. The van der Waals surface area contributed by atoms with E-state index in [9.17, 15) is 0 Å². The van der Waals surface area contributed by atoms with E-state index in [1.54, 1.807) is 50.3 Å². The number of hydrogen-bond donors (Lipinski definition) is 0. The first-order chi connectivity index (χ1) is 28.2. The maximum Gasteiger partial charge on any atom is 0.0594 e. The van der Waals surface area contributed by atoms with Crippen molar-refractivity contribution in [1.82, 2.24) is 0 Å². The van der Waals surface area contributed by atoms with Gasteiger partial charge < -0.3 is 24.0 Å². The van der Waals surface area contributed by atoms with Crippen LogP contribution >= 0.6 is 7.26 Å². The van der Waals surface area contributed by atoms with Crippen LogP contribution in [0.5, 0.6) is 0 Å². The normalized spacial score (nSPS) is 11.8. The molecule has 0 saturated heterocycles. The molecule has 0 radical (unpaired) electrons. The van der Waals surface area contributed by atoms with Gasteiger partial charge >= 0.3 is 0 Å². The van der Waals surface area contributed by atoms with Gasteiger partial charge in [-0.15, -0.1) is 0 Å². The Labute approximate surface area is 389 Å². The van der Waals surface area contributed by atoms with E-state index in [1.807, 2.05) is 0 Å². The van der Waals surface area contributed by atoms with E-state index in [4.69, 9.17) is 0 Å². The summed E-state index contributed by atoms with van der Waals surface area (Å²) < 4.78 is 0. The van der Waals surface area contributed by atoms with Crippen molar-refractivity contribution in [3.63, 3.8) is 0 Å². The fraction of sp³-hybridized carbons (Fsp3) is 1.00. The number of rotatable bonds is 52. The summed E-state index contributed by atoms with van der Waals surface area (Å²) in [5.74, 6) is 0. The highest BCUT2D eigenvalue weighted by molar-refractivity contribution is 7.75. The zero-order chi connectivity index (χ0) is 41.3. The van der Waals surface area contributed by atoms with Crippen LogP contribution in [0.4, 0.5) is 0 Å². The Kier molecular flexibility index (Phi) is 57.3. The summed E-state index contributed by atoms with van der Waals surface area (Å²) in [5, 5.41) is 0. The maximum absolute atomic E-state index is 2.34. The van der Waals surface area contributed by atoms with Crippen LogP contribution in [0.15, 0.2) is 0 Å². The minimum absolute atomic E-state index is 0. The van der Waals surface area contributed by atoms with Crippen LogP contribution < -0.4 is 24.0 Å². The quantitative estimate of drug-likeness (QED) is 0.0324. The van der Waals surface area contributed by atoms with Crippen LogP contribution in [0.3, 0.4) is 0 Å². The topological polar surface area (TPSA) is 0 Å². The van der Waals surface area contributed by atoms with Gasteiger partial charge in [0.25, 0.3) is 0 Å². The third-order valence-corrected chi connectivity index (χ3v) is 19.0. The minimum Gasteiger partial charge on any atom is -1.00 e. The summed E-state index contributed by atoms with van der Waals surface area (Å²) in [5.41, 5.74) is 0. The molecule has 0 aromatic rings. The molecule has 0 amide bonds. The Bertz CT molecular complexity index is 575. The van der Waals surface area contributed by atoms with Crippen molar-refractivity contribution in [3.8, 4) is 0 Å². The Morgan fingerprint density at radius 2 is 0.259 bits per heavy atom. The molecule has 0 aromatic carbocycles. The Hall–Kier alpha value is 1.16. The second-order valence-electron chi connectivity index (χ2n) is 19.8. The van der Waals surface area contributed by atoms with Crippen LogP contribution in [0.25, 0.3) is 0 Å². The van der Waals surface area contributed by atoms with Crippen molar-refractivity contribution < 1.29 is 24.0 Å². The van der Waals surface area contributed by atoms with Crippen molar-refractivity contribution >= 4 is 7.26 Å². The van der Waals surface area contributed by atoms with Gasteiger partial charge in [-0.25, -0.2) is 0 Å². The summed E-state index contributed by atoms with van der Waals surface area (Å²) in [7, 11) is -0.816. The molecule has 0 aliphatic heterocycles. The molecule has 0 atom stereocenters. The fourth-order valence-corrected chi connectivity index (χ4v) is 14.7. The van der Waals surface area contributed by atoms with Gasteiger partial charge in [-0.05, 0) is 51.4 Å². The highest BCUT2D eigenvalue weighted by Gasteiger charge is 2.35. The van der Waals surface area contributed by atoms with Crippen molar-refractivity contribution in [2.45, 2.75) is 336 Å². The van der Waals surface area contributed by atoms with E-state index in [2.05, 4.69) is 27.7 Å². The Balaban J connectivity index is 0. The summed E-state index contributed by atoms with van der Waals surface area (Å²) >= 11 is 0. The molecule has 0 bridgehead atoms. The van der Waals surface area contributed by atoms with Gasteiger partial charge in [-0.3, -0.25) is 0 Å². The molecule has 0 fully saturated rings. The number of unbranched alkanes of at least 4 members (excludes halogenated alkanes) is 44. The standard InChI is InChI=1S/C56H116P.HI/c1-5-9-13-17-21-25-29-33-37-41-45-49-53-57(54-50-46-42-38-34-30-26-22-18-14-10-6-2,55-51-47-43-39-35-31-27-23-19-15-11-7-3)56-52-48-44-40-36-32-28-24-20-16-12-8-4;/h5-56H2,1-4H3;1H/q+1;/p-1. The van der Waals surface area contributed by atoms with E-state index in [0.717, 1.165) is 0 Å². The van der Waals surface area contributed by atoms with Crippen LogP contribution in [0, 0.1) is 0 Å². The summed E-state index contributed by atoms with van der Waals surface area (Å²) in [6, 6.07) is 0. The first kappa shape index (κ1) is 61.2. The van der Waals surface area contributed by atoms with Crippen molar-refractivity contribution in [2.24, 2.45) is 0 Å². The van der Waals surface area contributed by atoms with E-state index in [0.29, 0.717) is 0 Å². The van der Waals surface area contributed by atoms with E-state index < -0.39 is 7.26 Å². The summed E-state index contributed by atoms with van der Waals surface area (Å²) in [6.45, 7) is 9.35. The fourth-order valence-electron chi connectivity index (χ4n) is 9.82. The highest BCUT2D eigenvalue weighted by Crippen LogP contribution is 2.61. The second-order valence-corrected chi connectivity index (χ2v) is 24.3. The Morgan fingerprint density at radius 1 is 0.155 bits per heavy atom. The first-order valence-corrected chi connectivity index (χ1v) is 30.6. The van der Waals surface area contributed by atoms with Crippen LogP contribution in [-0.2, 0) is 0 Å². The predicted molar refractivity (Wildman–Crippen MR) is 271 cm³/mol. The molecular formula is C56H116IP. The third kappa shape index (κ3) is 48.2. The van der Waals surface area contributed by atoms with E-state index >= 15 is 0 Å². The molecule has 0 N–H and O–H groups in total. The summed E-state index contributed by atoms with van der Waals surface area (Å²) in [4.78, 5) is 0. The van der Waals surface area contributed by atoms with Gasteiger partial charge in [-0.2, -0.15) is 0 Å². The number of halogens is 1. The molecule has 352 valence electrons. The van der Waals surface area contributed by atoms with Gasteiger partial charge in [-0.1, -0.05) is 285 Å². The molecule has 0 nitrogen and oxygen atoms in total. The molecule has 0 saturated carbocycles. The molecule has 0 heterocycles. The zero-order valence-electron chi connectivity index (χ0n) is 41.6. The highest BCUT2D eigenvalue weighted by atomic mass is 127. The largest absolute Gasteiger partial charge is 1.00 e. The van der Waals surface area contributed by atoms with Crippen molar-refractivity contribution in [2.75, 3.05) is 24.6 Å². The van der Waals surface area contributed by atoms with Gasteiger partial charge in [0.2, 0.25) is 0 Å². The average molecular weight is 947 g/mol.